The van der Waals surface area contributed by atoms with Gasteiger partial charge in [-0.25, -0.2) is 4.79 Å². The van der Waals surface area contributed by atoms with Crippen molar-refractivity contribution >= 4 is 6.09 Å². The van der Waals surface area contributed by atoms with Gasteiger partial charge in [-0.15, -0.1) is 0 Å². The van der Waals surface area contributed by atoms with E-state index in [1.165, 1.54) is 0 Å². The number of hydrogen-bond donors (Lipinski definition) is 0. The number of carbonyl (C=O) groups excluding carboxylic acids is 1. The van der Waals surface area contributed by atoms with Gasteiger partial charge in [0.25, 0.3) is 0 Å². The maximum atomic E-state index is 12.5. The average molecular weight is 297 g/mol. The minimum absolute atomic E-state index is 0.291. The van der Waals surface area contributed by atoms with Crippen LogP contribution in [0.3, 0.4) is 0 Å². The van der Waals surface area contributed by atoms with Crippen molar-refractivity contribution in [3.63, 3.8) is 0 Å². The van der Waals surface area contributed by atoms with Crippen LogP contribution in [-0.2, 0) is 17.8 Å². The number of carbonyl (C=O) groups is 1. The van der Waals surface area contributed by atoms with Gasteiger partial charge < -0.3 is 4.74 Å². The summed E-state index contributed by atoms with van der Waals surface area (Å²) in [6.45, 7) is 6.71. The number of ether oxygens (including phenoxy) is 1. The van der Waals surface area contributed by atoms with Crippen molar-refractivity contribution in [1.82, 2.24) is 4.90 Å². The van der Waals surface area contributed by atoms with Gasteiger partial charge in [-0.1, -0.05) is 60.7 Å². The zero-order valence-corrected chi connectivity index (χ0v) is 13.5. The third kappa shape index (κ3) is 5.24. The van der Waals surface area contributed by atoms with Crippen molar-refractivity contribution in [3.8, 4) is 0 Å². The number of rotatable bonds is 4. The summed E-state index contributed by atoms with van der Waals surface area (Å²) in [5, 5.41) is 0. The van der Waals surface area contributed by atoms with E-state index in [2.05, 4.69) is 0 Å². The smallest absolute Gasteiger partial charge is 0.410 e. The molecule has 0 unspecified atom stereocenters. The van der Waals surface area contributed by atoms with Gasteiger partial charge in [-0.05, 0) is 31.9 Å². The number of nitrogens with zero attached hydrogens (tertiary/aromatic N) is 1. The molecule has 3 nitrogen and oxygen atoms in total. The molecule has 0 heterocycles. The van der Waals surface area contributed by atoms with E-state index in [0.29, 0.717) is 13.1 Å². The fraction of sp³-hybridized carbons (Fsp3) is 0.316. The van der Waals surface area contributed by atoms with Crippen LogP contribution in [0.1, 0.15) is 31.9 Å². The second kappa shape index (κ2) is 7.12. The van der Waals surface area contributed by atoms with Crippen molar-refractivity contribution in [1.29, 1.82) is 0 Å². The van der Waals surface area contributed by atoms with E-state index in [0.717, 1.165) is 11.1 Å². The number of benzene rings is 2. The molecule has 22 heavy (non-hydrogen) atoms. The van der Waals surface area contributed by atoms with Gasteiger partial charge in [-0.3, -0.25) is 4.90 Å². The van der Waals surface area contributed by atoms with E-state index in [-0.39, 0.29) is 6.09 Å². The molecule has 116 valence electrons. The van der Waals surface area contributed by atoms with Crippen LogP contribution >= 0.6 is 0 Å². The average Bonchev–Trinajstić information content (AvgIpc) is 2.47. The quantitative estimate of drug-likeness (QED) is 0.824. The lowest BCUT2D eigenvalue weighted by Gasteiger charge is -2.27. The van der Waals surface area contributed by atoms with Crippen LogP contribution in [0.2, 0.25) is 0 Å². The van der Waals surface area contributed by atoms with Crippen molar-refractivity contribution in [2.24, 2.45) is 0 Å². The third-order valence-corrected chi connectivity index (χ3v) is 3.08. The van der Waals surface area contributed by atoms with Crippen molar-refractivity contribution in [2.45, 2.75) is 39.5 Å². The normalized spacial score (nSPS) is 11.0. The van der Waals surface area contributed by atoms with E-state index in [9.17, 15) is 4.79 Å². The summed E-state index contributed by atoms with van der Waals surface area (Å²) in [4.78, 5) is 14.2. The van der Waals surface area contributed by atoms with Crippen LogP contribution in [0.15, 0.2) is 60.7 Å². The molecule has 0 fully saturated rings. The Balaban J connectivity index is 2.14. The first kappa shape index (κ1) is 16.1. The first-order valence-electron chi connectivity index (χ1n) is 7.50. The summed E-state index contributed by atoms with van der Waals surface area (Å²) in [6.07, 6.45) is -0.291. The Labute approximate surface area is 132 Å². The monoisotopic (exact) mass is 297 g/mol. The minimum atomic E-state index is -0.497. The SMILES string of the molecule is CC(C)(C)OC(=O)N(Cc1ccccc1)Cc1ccccc1. The Hall–Kier alpha value is -2.29. The first-order valence-corrected chi connectivity index (χ1v) is 7.50. The summed E-state index contributed by atoms with van der Waals surface area (Å²) < 4.78 is 5.53. The van der Waals surface area contributed by atoms with E-state index in [1.54, 1.807) is 4.90 Å². The van der Waals surface area contributed by atoms with Crippen LogP contribution in [-0.4, -0.2) is 16.6 Å². The fourth-order valence-electron chi connectivity index (χ4n) is 2.12. The predicted octanol–water partition coefficient (Wildman–Crippen LogP) is 4.62. The van der Waals surface area contributed by atoms with Crippen molar-refractivity contribution in [3.05, 3.63) is 71.8 Å². The van der Waals surface area contributed by atoms with Gasteiger partial charge >= 0.3 is 6.09 Å². The van der Waals surface area contributed by atoms with E-state index >= 15 is 0 Å². The van der Waals surface area contributed by atoms with Gasteiger partial charge in [-0.2, -0.15) is 0 Å². The van der Waals surface area contributed by atoms with Crippen LogP contribution < -0.4 is 0 Å². The number of amides is 1. The maximum Gasteiger partial charge on any atom is 0.410 e. The molecule has 0 saturated heterocycles. The van der Waals surface area contributed by atoms with E-state index < -0.39 is 5.60 Å². The molecule has 2 rings (SSSR count). The molecular formula is C19H23NO2. The molecule has 0 atom stereocenters. The molecule has 0 bridgehead atoms. The fourth-order valence-corrected chi connectivity index (χ4v) is 2.12. The van der Waals surface area contributed by atoms with Gasteiger partial charge in [0.2, 0.25) is 0 Å². The highest BCUT2D eigenvalue weighted by Gasteiger charge is 2.22. The highest BCUT2D eigenvalue weighted by atomic mass is 16.6. The molecule has 0 saturated carbocycles. The lowest BCUT2D eigenvalue weighted by molar-refractivity contribution is 0.0216. The molecule has 0 aromatic heterocycles. The second-order valence-corrected chi connectivity index (χ2v) is 6.31. The van der Waals surface area contributed by atoms with E-state index in [1.807, 2.05) is 81.4 Å². The Morgan fingerprint density at radius 1 is 0.864 bits per heavy atom. The molecular weight excluding hydrogens is 274 g/mol. The minimum Gasteiger partial charge on any atom is -0.444 e. The molecule has 1 amide bonds. The molecule has 0 aliphatic rings. The van der Waals surface area contributed by atoms with Crippen LogP contribution in [0, 0.1) is 0 Å². The first-order chi connectivity index (χ1) is 10.4. The molecule has 2 aromatic carbocycles. The Morgan fingerprint density at radius 2 is 1.27 bits per heavy atom. The molecule has 0 radical (unpaired) electrons. The van der Waals surface area contributed by atoms with E-state index in [4.69, 9.17) is 4.74 Å². The molecule has 3 heteroatoms. The predicted molar refractivity (Wildman–Crippen MR) is 88.4 cm³/mol. The Morgan fingerprint density at radius 3 is 1.64 bits per heavy atom. The summed E-state index contributed by atoms with van der Waals surface area (Å²) in [5.41, 5.74) is 1.68. The zero-order chi connectivity index (χ0) is 16.0. The lowest BCUT2D eigenvalue weighted by Crippen LogP contribution is -2.36. The lowest BCUT2D eigenvalue weighted by atomic mass is 10.1. The summed E-state index contributed by atoms with van der Waals surface area (Å²) >= 11 is 0. The maximum absolute atomic E-state index is 12.5. The van der Waals surface area contributed by atoms with Crippen molar-refractivity contribution < 1.29 is 9.53 Å². The largest absolute Gasteiger partial charge is 0.444 e. The third-order valence-electron chi connectivity index (χ3n) is 3.08. The zero-order valence-electron chi connectivity index (χ0n) is 13.5. The second-order valence-electron chi connectivity index (χ2n) is 6.31. The molecule has 0 aliphatic carbocycles. The molecule has 2 aromatic rings. The number of hydrogen-bond acceptors (Lipinski definition) is 2. The highest BCUT2D eigenvalue weighted by Crippen LogP contribution is 2.15. The molecule has 0 N–H and O–H groups in total. The van der Waals surface area contributed by atoms with Gasteiger partial charge in [0.15, 0.2) is 0 Å². The van der Waals surface area contributed by atoms with Gasteiger partial charge in [0.05, 0.1) is 0 Å². The van der Waals surface area contributed by atoms with Gasteiger partial charge in [0.1, 0.15) is 5.60 Å². The van der Waals surface area contributed by atoms with Crippen LogP contribution in [0.4, 0.5) is 4.79 Å². The summed E-state index contributed by atoms with van der Waals surface area (Å²) in [7, 11) is 0. The van der Waals surface area contributed by atoms with Crippen LogP contribution in [0.25, 0.3) is 0 Å². The Bertz CT molecular complexity index is 546. The molecule has 0 spiro atoms. The van der Waals surface area contributed by atoms with Gasteiger partial charge in [0, 0.05) is 13.1 Å². The van der Waals surface area contributed by atoms with Crippen LogP contribution in [0.5, 0.6) is 0 Å². The van der Waals surface area contributed by atoms with Crippen molar-refractivity contribution in [2.75, 3.05) is 0 Å². The summed E-state index contributed by atoms with van der Waals surface area (Å²) in [5.74, 6) is 0. The Kier molecular flexibility index (Phi) is 5.21. The topological polar surface area (TPSA) is 29.5 Å². The standard InChI is InChI=1S/C19H23NO2/c1-19(2,3)22-18(21)20(14-16-10-6-4-7-11-16)15-17-12-8-5-9-13-17/h4-13H,14-15H2,1-3H3. The summed E-state index contributed by atoms with van der Waals surface area (Å²) in [6, 6.07) is 19.9. The molecule has 0 aliphatic heterocycles. The highest BCUT2D eigenvalue weighted by molar-refractivity contribution is 5.68.